The van der Waals surface area contributed by atoms with Gasteiger partial charge < -0.3 is 9.80 Å². The lowest BCUT2D eigenvalue weighted by Crippen LogP contribution is -2.49. The Balaban J connectivity index is 2.47. The lowest BCUT2D eigenvalue weighted by Gasteiger charge is -2.38. The molecule has 0 saturated carbocycles. The van der Waals surface area contributed by atoms with Crippen LogP contribution in [0.15, 0.2) is 0 Å². The predicted octanol–water partition coefficient (Wildman–Crippen LogP) is 17.5. The smallest absolute Gasteiger partial charge is 0.0110 e. The first-order chi connectivity index (χ1) is 26.7. The summed E-state index contributed by atoms with van der Waals surface area (Å²) in [6.45, 7) is 17.4. The van der Waals surface area contributed by atoms with E-state index >= 15 is 0 Å². The standard InChI is InChI=1S/C52H106N2/c1-5-9-13-17-21-25-27-31-35-39-43-51(41-37-33-29-23-19-15-11-7-3)49-53-45-47-54(48-46-53)50-52(42-38-34-30-24-20-16-12-8-4)44-40-36-32-28-26-22-18-14-10-6-2/h51-52H,5-50H2,1-4H3. The summed E-state index contributed by atoms with van der Waals surface area (Å²) in [6, 6.07) is 0. The zero-order valence-corrected chi connectivity index (χ0v) is 38.6. The fourth-order valence-corrected chi connectivity index (χ4v) is 9.51. The molecule has 0 radical (unpaired) electrons. The van der Waals surface area contributed by atoms with E-state index in [-0.39, 0.29) is 0 Å². The lowest BCUT2D eigenvalue weighted by atomic mass is 9.92. The third-order valence-corrected chi connectivity index (χ3v) is 13.4. The summed E-state index contributed by atoms with van der Waals surface area (Å²) in [4.78, 5) is 5.80. The molecular weight excluding hydrogens is 653 g/mol. The molecule has 0 aromatic rings. The maximum absolute atomic E-state index is 2.90. The van der Waals surface area contributed by atoms with E-state index in [0.717, 1.165) is 11.8 Å². The van der Waals surface area contributed by atoms with Crippen LogP contribution in [0.1, 0.15) is 285 Å². The topological polar surface area (TPSA) is 6.48 Å². The molecule has 2 nitrogen and oxygen atoms in total. The highest BCUT2D eigenvalue weighted by Crippen LogP contribution is 2.24. The maximum Gasteiger partial charge on any atom is 0.0110 e. The lowest BCUT2D eigenvalue weighted by molar-refractivity contribution is 0.0977. The number of hydrogen-bond acceptors (Lipinski definition) is 2. The van der Waals surface area contributed by atoms with Gasteiger partial charge in [0.2, 0.25) is 0 Å². The van der Waals surface area contributed by atoms with Crippen LogP contribution in [0.3, 0.4) is 0 Å². The quantitative estimate of drug-likeness (QED) is 0.0571. The highest BCUT2D eigenvalue weighted by atomic mass is 15.3. The van der Waals surface area contributed by atoms with Gasteiger partial charge in [0.25, 0.3) is 0 Å². The second kappa shape index (κ2) is 42.5. The molecule has 0 bridgehead atoms. The molecule has 0 aromatic heterocycles. The Bertz CT molecular complexity index is 626. The van der Waals surface area contributed by atoms with E-state index in [9.17, 15) is 0 Å². The van der Waals surface area contributed by atoms with Gasteiger partial charge in [-0.1, -0.05) is 259 Å². The summed E-state index contributed by atoms with van der Waals surface area (Å²) < 4.78 is 0. The largest absolute Gasteiger partial charge is 0.301 e. The Kier molecular flexibility index (Phi) is 40.9. The third kappa shape index (κ3) is 35.1. The van der Waals surface area contributed by atoms with Gasteiger partial charge in [-0.05, 0) is 37.5 Å². The molecule has 1 saturated heterocycles. The van der Waals surface area contributed by atoms with Gasteiger partial charge in [0.05, 0.1) is 0 Å². The van der Waals surface area contributed by atoms with E-state index in [4.69, 9.17) is 0 Å². The van der Waals surface area contributed by atoms with E-state index in [1.807, 2.05) is 0 Å². The van der Waals surface area contributed by atoms with Crippen molar-refractivity contribution in [3.8, 4) is 0 Å². The minimum atomic E-state index is 0.941. The first-order valence-electron chi connectivity index (χ1n) is 26.2. The number of hydrogen-bond donors (Lipinski definition) is 0. The Morgan fingerprint density at radius 2 is 0.407 bits per heavy atom. The van der Waals surface area contributed by atoms with Crippen molar-refractivity contribution in [3.05, 3.63) is 0 Å². The molecule has 1 heterocycles. The molecule has 0 amide bonds. The van der Waals surface area contributed by atoms with Crippen LogP contribution >= 0.6 is 0 Å². The number of unbranched alkanes of at least 4 members (excludes halogenated alkanes) is 32. The summed E-state index contributed by atoms with van der Waals surface area (Å²) in [6.07, 6.45) is 58.6. The highest BCUT2D eigenvalue weighted by molar-refractivity contribution is 4.77. The van der Waals surface area contributed by atoms with Gasteiger partial charge in [-0.15, -0.1) is 0 Å². The summed E-state index contributed by atoms with van der Waals surface area (Å²) in [5.74, 6) is 1.88. The van der Waals surface area contributed by atoms with Gasteiger partial charge in [-0.25, -0.2) is 0 Å². The second-order valence-corrected chi connectivity index (χ2v) is 18.8. The van der Waals surface area contributed by atoms with Gasteiger partial charge in [-0.3, -0.25) is 0 Å². The van der Waals surface area contributed by atoms with Crippen molar-refractivity contribution in [1.82, 2.24) is 9.80 Å². The second-order valence-electron chi connectivity index (χ2n) is 18.8. The van der Waals surface area contributed by atoms with Crippen LogP contribution in [0, 0.1) is 11.8 Å². The third-order valence-electron chi connectivity index (χ3n) is 13.4. The number of piperazine rings is 1. The molecule has 0 aromatic carbocycles. The van der Waals surface area contributed by atoms with Crippen LogP contribution in [0.25, 0.3) is 0 Å². The molecule has 0 N–H and O–H groups in total. The molecule has 2 heteroatoms. The van der Waals surface area contributed by atoms with E-state index < -0.39 is 0 Å². The Hall–Kier alpha value is -0.0800. The zero-order valence-electron chi connectivity index (χ0n) is 38.6. The van der Waals surface area contributed by atoms with Crippen molar-refractivity contribution >= 4 is 0 Å². The van der Waals surface area contributed by atoms with Gasteiger partial charge in [-0.2, -0.15) is 0 Å². The maximum atomic E-state index is 2.90. The molecular formula is C52H106N2. The van der Waals surface area contributed by atoms with E-state index in [1.165, 1.54) is 296 Å². The summed E-state index contributed by atoms with van der Waals surface area (Å²) in [7, 11) is 0. The Labute approximate surface area is 344 Å². The van der Waals surface area contributed by atoms with E-state index in [1.54, 1.807) is 0 Å². The highest BCUT2D eigenvalue weighted by Gasteiger charge is 2.22. The Morgan fingerprint density at radius 1 is 0.241 bits per heavy atom. The molecule has 1 aliphatic rings. The zero-order chi connectivity index (χ0) is 38.8. The molecule has 0 spiro atoms. The normalized spacial score (nSPS) is 15.3. The van der Waals surface area contributed by atoms with Crippen molar-refractivity contribution in [1.29, 1.82) is 0 Å². The van der Waals surface area contributed by atoms with Crippen LogP contribution in [0.4, 0.5) is 0 Å². The predicted molar refractivity (Wildman–Crippen MR) is 247 cm³/mol. The van der Waals surface area contributed by atoms with Crippen LogP contribution in [0.2, 0.25) is 0 Å². The fourth-order valence-electron chi connectivity index (χ4n) is 9.51. The molecule has 2 atom stereocenters. The van der Waals surface area contributed by atoms with Gasteiger partial charge in [0, 0.05) is 39.3 Å². The monoisotopic (exact) mass is 759 g/mol. The minimum absolute atomic E-state index is 0.941. The first-order valence-corrected chi connectivity index (χ1v) is 26.2. The Morgan fingerprint density at radius 3 is 0.593 bits per heavy atom. The molecule has 54 heavy (non-hydrogen) atoms. The molecule has 1 aliphatic heterocycles. The molecule has 324 valence electrons. The molecule has 2 unspecified atom stereocenters. The minimum Gasteiger partial charge on any atom is -0.301 e. The van der Waals surface area contributed by atoms with Crippen molar-refractivity contribution in [2.45, 2.75) is 285 Å². The number of nitrogens with zero attached hydrogens (tertiary/aromatic N) is 2. The summed E-state index contributed by atoms with van der Waals surface area (Å²) >= 11 is 0. The average molecular weight is 759 g/mol. The fraction of sp³-hybridized carbons (Fsp3) is 1.00. The number of rotatable bonds is 44. The van der Waals surface area contributed by atoms with Crippen molar-refractivity contribution in [2.75, 3.05) is 39.3 Å². The van der Waals surface area contributed by atoms with Crippen LogP contribution in [-0.2, 0) is 0 Å². The van der Waals surface area contributed by atoms with Crippen molar-refractivity contribution in [2.24, 2.45) is 11.8 Å². The van der Waals surface area contributed by atoms with Crippen molar-refractivity contribution < 1.29 is 0 Å². The molecule has 1 rings (SSSR count). The molecule has 1 fully saturated rings. The van der Waals surface area contributed by atoms with Crippen LogP contribution in [0.5, 0.6) is 0 Å². The average Bonchev–Trinajstić information content (AvgIpc) is 3.18. The first kappa shape index (κ1) is 51.9. The van der Waals surface area contributed by atoms with Gasteiger partial charge in [0.1, 0.15) is 0 Å². The summed E-state index contributed by atoms with van der Waals surface area (Å²) in [5, 5.41) is 0. The van der Waals surface area contributed by atoms with Gasteiger partial charge in [0.15, 0.2) is 0 Å². The van der Waals surface area contributed by atoms with E-state index in [2.05, 4.69) is 37.5 Å². The van der Waals surface area contributed by atoms with Crippen molar-refractivity contribution in [3.63, 3.8) is 0 Å². The SMILES string of the molecule is CCCCCCCCCCCCC(CCCCCCCCCC)CN1CCN(CC(CCCCCCCCCC)CCCCCCCCCCCC)CC1. The molecule has 0 aliphatic carbocycles. The van der Waals surface area contributed by atoms with E-state index in [0.29, 0.717) is 0 Å². The summed E-state index contributed by atoms with van der Waals surface area (Å²) in [5.41, 5.74) is 0. The van der Waals surface area contributed by atoms with Crippen LogP contribution in [-0.4, -0.2) is 49.1 Å². The van der Waals surface area contributed by atoms with Gasteiger partial charge >= 0.3 is 0 Å². The van der Waals surface area contributed by atoms with Crippen LogP contribution < -0.4 is 0 Å².